The van der Waals surface area contributed by atoms with Gasteiger partial charge in [-0.1, -0.05) is 19.9 Å². The van der Waals surface area contributed by atoms with Gasteiger partial charge in [0, 0.05) is 5.92 Å². The number of hydrogen-bond donors (Lipinski definition) is 0. The highest BCUT2D eigenvalue weighted by molar-refractivity contribution is 4.80. The fourth-order valence-electron chi connectivity index (χ4n) is 0.519. The molecular formula is C7H13F. The van der Waals surface area contributed by atoms with E-state index in [4.69, 9.17) is 0 Å². The predicted octanol–water partition coefficient (Wildman–Crippen LogP) is 2.56. The second-order valence-corrected chi connectivity index (χ2v) is 2.02. The maximum atomic E-state index is 12.5. The number of hydrogen-bond acceptors (Lipinski definition) is 0. The van der Waals surface area contributed by atoms with Crippen LogP contribution in [0.4, 0.5) is 4.39 Å². The minimum absolute atomic E-state index is 0.0139. The molecule has 0 aliphatic rings. The molecule has 0 aliphatic carbocycles. The third-order valence-electron chi connectivity index (χ3n) is 1.33. The molecule has 2 atom stereocenters. The summed E-state index contributed by atoms with van der Waals surface area (Å²) in [5.41, 5.74) is 0. The van der Waals surface area contributed by atoms with Crippen LogP contribution in [0.1, 0.15) is 20.3 Å². The van der Waals surface area contributed by atoms with Crippen molar-refractivity contribution in [3.8, 4) is 0 Å². The van der Waals surface area contributed by atoms with Crippen molar-refractivity contribution in [2.45, 2.75) is 26.4 Å². The second kappa shape index (κ2) is 3.65. The van der Waals surface area contributed by atoms with E-state index in [1.54, 1.807) is 6.08 Å². The van der Waals surface area contributed by atoms with E-state index in [0.29, 0.717) is 6.42 Å². The highest BCUT2D eigenvalue weighted by Gasteiger charge is 2.08. The molecular weight excluding hydrogens is 103 g/mol. The molecule has 0 rings (SSSR count). The van der Waals surface area contributed by atoms with E-state index < -0.39 is 6.17 Å². The van der Waals surface area contributed by atoms with Gasteiger partial charge in [-0.05, 0) is 6.42 Å². The molecule has 0 saturated heterocycles. The summed E-state index contributed by atoms with van der Waals surface area (Å²) in [6, 6.07) is 0. The van der Waals surface area contributed by atoms with E-state index in [0.717, 1.165) is 0 Å². The molecule has 0 aromatic carbocycles. The molecule has 1 heteroatoms. The van der Waals surface area contributed by atoms with Crippen LogP contribution in [0, 0.1) is 5.92 Å². The average molecular weight is 116 g/mol. The van der Waals surface area contributed by atoms with Crippen LogP contribution in [-0.4, -0.2) is 6.17 Å². The van der Waals surface area contributed by atoms with Gasteiger partial charge in [0.15, 0.2) is 0 Å². The van der Waals surface area contributed by atoms with E-state index in [1.807, 2.05) is 13.8 Å². The highest BCUT2D eigenvalue weighted by Crippen LogP contribution is 2.10. The first-order valence-corrected chi connectivity index (χ1v) is 2.99. The smallest absolute Gasteiger partial charge is 0.106 e. The van der Waals surface area contributed by atoms with Gasteiger partial charge in [0.2, 0.25) is 0 Å². The molecule has 0 bridgehead atoms. The third kappa shape index (κ3) is 2.10. The quantitative estimate of drug-likeness (QED) is 0.497. The van der Waals surface area contributed by atoms with Crippen molar-refractivity contribution in [2.75, 3.05) is 0 Å². The maximum Gasteiger partial charge on any atom is 0.106 e. The van der Waals surface area contributed by atoms with Crippen LogP contribution in [0.2, 0.25) is 0 Å². The number of allylic oxidation sites excluding steroid dienone is 1. The second-order valence-electron chi connectivity index (χ2n) is 2.02. The zero-order valence-corrected chi connectivity index (χ0v) is 5.52. The van der Waals surface area contributed by atoms with Crippen molar-refractivity contribution in [1.82, 2.24) is 0 Å². The molecule has 0 aromatic heterocycles. The van der Waals surface area contributed by atoms with Gasteiger partial charge in [-0.15, -0.1) is 6.58 Å². The molecule has 2 unspecified atom stereocenters. The predicted molar refractivity (Wildman–Crippen MR) is 34.5 cm³/mol. The number of rotatable bonds is 3. The van der Waals surface area contributed by atoms with Crippen LogP contribution in [0.15, 0.2) is 12.7 Å². The summed E-state index contributed by atoms with van der Waals surface area (Å²) in [4.78, 5) is 0. The van der Waals surface area contributed by atoms with Gasteiger partial charge in [-0.2, -0.15) is 0 Å². The van der Waals surface area contributed by atoms with E-state index in [1.165, 1.54) is 0 Å². The van der Waals surface area contributed by atoms with Crippen molar-refractivity contribution in [2.24, 2.45) is 5.92 Å². The standard InChI is InChI=1S/C7H13F/c1-4-6(3)7(8)5-2/h4,6-7H,1,5H2,2-3H3. The highest BCUT2D eigenvalue weighted by atomic mass is 19.1. The molecule has 0 aliphatic heterocycles. The fourth-order valence-corrected chi connectivity index (χ4v) is 0.519. The molecule has 0 heterocycles. The van der Waals surface area contributed by atoms with E-state index in [-0.39, 0.29) is 5.92 Å². The fraction of sp³-hybridized carbons (Fsp3) is 0.714. The largest absolute Gasteiger partial charge is 0.247 e. The van der Waals surface area contributed by atoms with E-state index >= 15 is 0 Å². The lowest BCUT2D eigenvalue weighted by molar-refractivity contribution is 0.268. The molecule has 0 saturated carbocycles. The zero-order chi connectivity index (χ0) is 6.57. The molecule has 0 radical (unpaired) electrons. The summed E-state index contributed by atoms with van der Waals surface area (Å²) >= 11 is 0. The molecule has 8 heavy (non-hydrogen) atoms. The van der Waals surface area contributed by atoms with Crippen LogP contribution < -0.4 is 0 Å². The first kappa shape index (κ1) is 7.67. The minimum Gasteiger partial charge on any atom is -0.247 e. The van der Waals surface area contributed by atoms with Crippen LogP contribution >= 0.6 is 0 Å². The summed E-state index contributed by atoms with van der Waals surface area (Å²) in [6.45, 7) is 7.16. The van der Waals surface area contributed by atoms with Gasteiger partial charge in [0.05, 0.1) is 0 Å². The van der Waals surface area contributed by atoms with Crippen molar-refractivity contribution < 1.29 is 4.39 Å². The Balaban J connectivity index is 3.44. The Morgan fingerprint density at radius 1 is 1.75 bits per heavy atom. The Kier molecular flexibility index (Phi) is 3.49. The van der Waals surface area contributed by atoms with Crippen molar-refractivity contribution >= 4 is 0 Å². The van der Waals surface area contributed by atoms with Gasteiger partial charge < -0.3 is 0 Å². The third-order valence-corrected chi connectivity index (χ3v) is 1.33. The summed E-state index contributed by atoms with van der Waals surface area (Å²) in [5, 5.41) is 0. The van der Waals surface area contributed by atoms with Gasteiger partial charge >= 0.3 is 0 Å². The first-order valence-electron chi connectivity index (χ1n) is 2.99. The van der Waals surface area contributed by atoms with Gasteiger partial charge in [0.1, 0.15) is 6.17 Å². The Morgan fingerprint density at radius 3 is 2.38 bits per heavy atom. The Morgan fingerprint density at radius 2 is 2.25 bits per heavy atom. The van der Waals surface area contributed by atoms with Gasteiger partial charge in [-0.3, -0.25) is 0 Å². The molecule has 0 N–H and O–H groups in total. The van der Waals surface area contributed by atoms with Crippen LogP contribution in [0.3, 0.4) is 0 Å². The molecule has 0 amide bonds. The number of alkyl halides is 1. The molecule has 48 valence electrons. The first-order chi connectivity index (χ1) is 3.72. The number of halogens is 1. The molecule has 0 fully saturated rings. The minimum atomic E-state index is -0.701. The van der Waals surface area contributed by atoms with Crippen molar-refractivity contribution in [1.29, 1.82) is 0 Å². The van der Waals surface area contributed by atoms with Crippen molar-refractivity contribution in [3.63, 3.8) is 0 Å². The van der Waals surface area contributed by atoms with Crippen LogP contribution in [0.25, 0.3) is 0 Å². The summed E-state index contributed by atoms with van der Waals surface area (Å²) in [5.74, 6) is 0.0139. The Labute approximate surface area is 50.4 Å². The summed E-state index contributed by atoms with van der Waals surface area (Å²) in [7, 11) is 0. The van der Waals surface area contributed by atoms with Crippen molar-refractivity contribution in [3.05, 3.63) is 12.7 Å². The molecule has 0 aromatic rings. The summed E-state index contributed by atoms with van der Waals surface area (Å²) in [6.07, 6.45) is 1.54. The van der Waals surface area contributed by atoms with Gasteiger partial charge in [-0.25, -0.2) is 4.39 Å². The monoisotopic (exact) mass is 116 g/mol. The normalized spacial score (nSPS) is 17.4. The van der Waals surface area contributed by atoms with Crippen LogP contribution in [0.5, 0.6) is 0 Å². The SMILES string of the molecule is C=CC(C)C(F)CC. The lowest BCUT2D eigenvalue weighted by Crippen LogP contribution is -2.07. The Bertz CT molecular complexity index is 68.8. The van der Waals surface area contributed by atoms with Gasteiger partial charge in [0.25, 0.3) is 0 Å². The lowest BCUT2D eigenvalue weighted by atomic mass is 10.1. The topological polar surface area (TPSA) is 0 Å². The Hall–Kier alpha value is -0.330. The average Bonchev–Trinajstić information content (AvgIpc) is 1.84. The molecule has 0 nitrogen and oxygen atoms in total. The zero-order valence-electron chi connectivity index (χ0n) is 5.52. The molecule has 0 spiro atoms. The van der Waals surface area contributed by atoms with E-state index in [9.17, 15) is 4.39 Å². The van der Waals surface area contributed by atoms with E-state index in [2.05, 4.69) is 6.58 Å². The van der Waals surface area contributed by atoms with Crippen LogP contribution in [-0.2, 0) is 0 Å². The summed E-state index contributed by atoms with van der Waals surface area (Å²) < 4.78 is 12.5. The lowest BCUT2D eigenvalue weighted by Gasteiger charge is -2.07. The maximum absolute atomic E-state index is 12.5.